The number of fused-ring (bicyclic) bond motifs is 4. The molecule has 31 heavy (non-hydrogen) atoms. The molecule has 5 rings (SSSR count). The molecule has 2 aliphatic carbocycles. The van der Waals surface area contributed by atoms with Crippen LogP contribution in [0.25, 0.3) is 0 Å². The number of rotatable bonds is 7. The number of hydrogen-bond acceptors (Lipinski definition) is 4. The van der Waals surface area contributed by atoms with Gasteiger partial charge in [-0.1, -0.05) is 13.0 Å². The third-order valence-corrected chi connectivity index (χ3v) is 7.93. The Morgan fingerprint density at radius 2 is 1.97 bits per heavy atom. The Hall–Kier alpha value is -2.53. The standard InChI is InChI=1S/C26H31NO4/c1-17-24-14-20-4-7-21(28)15-23(20)26(17,10-12-27(24)16-18-2-3-18)11-13-31-22-8-5-19(6-9-22)25(29)30/h4-9,15,17-18,24,28H,2-3,10-14,16H2,1H3,(H,29,30)/t17-,24?,26?/m0/s1. The van der Waals surface area contributed by atoms with Crippen LogP contribution < -0.4 is 4.74 Å². The third kappa shape index (κ3) is 3.80. The fraction of sp³-hybridized carbons (Fsp3) is 0.500. The molecule has 0 spiro atoms. The predicted molar refractivity (Wildman–Crippen MR) is 119 cm³/mol. The SMILES string of the molecule is C[C@H]1C2Cc3ccc(O)cc3C1(CCOc1ccc(C(=O)O)cc1)CCN2CC1CC1. The van der Waals surface area contributed by atoms with E-state index in [0.29, 0.717) is 30.1 Å². The van der Waals surface area contributed by atoms with Gasteiger partial charge in [0.15, 0.2) is 0 Å². The van der Waals surface area contributed by atoms with Crippen LogP contribution >= 0.6 is 0 Å². The summed E-state index contributed by atoms with van der Waals surface area (Å²) in [6.45, 7) is 5.29. The Morgan fingerprint density at radius 1 is 1.19 bits per heavy atom. The number of carboxylic acids is 1. The molecule has 2 fully saturated rings. The van der Waals surface area contributed by atoms with Gasteiger partial charge in [0, 0.05) is 18.0 Å². The van der Waals surface area contributed by atoms with Gasteiger partial charge >= 0.3 is 5.97 Å². The van der Waals surface area contributed by atoms with Crippen LogP contribution in [0.5, 0.6) is 11.5 Å². The second kappa shape index (κ2) is 7.86. The van der Waals surface area contributed by atoms with Crippen LogP contribution in [-0.2, 0) is 11.8 Å². The molecule has 164 valence electrons. The number of carboxylic acid groups (broad SMARTS) is 1. The van der Waals surface area contributed by atoms with E-state index in [0.717, 1.165) is 31.7 Å². The summed E-state index contributed by atoms with van der Waals surface area (Å²) in [6.07, 6.45) is 5.78. The Morgan fingerprint density at radius 3 is 2.68 bits per heavy atom. The number of aromatic carboxylic acids is 1. The number of benzene rings is 2. The minimum atomic E-state index is -0.929. The predicted octanol–water partition coefficient (Wildman–Crippen LogP) is 4.47. The molecule has 5 heteroatoms. The molecule has 2 N–H and O–H groups in total. The number of hydrogen-bond donors (Lipinski definition) is 2. The number of aromatic hydroxyl groups is 1. The van der Waals surface area contributed by atoms with Crippen molar-refractivity contribution in [3.05, 3.63) is 59.2 Å². The Kier molecular flexibility index (Phi) is 5.17. The van der Waals surface area contributed by atoms with Gasteiger partial charge in [0.1, 0.15) is 11.5 Å². The Bertz CT molecular complexity index is 968. The van der Waals surface area contributed by atoms with Gasteiger partial charge < -0.3 is 14.9 Å². The zero-order valence-corrected chi connectivity index (χ0v) is 18.1. The van der Waals surface area contributed by atoms with Gasteiger partial charge in [-0.25, -0.2) is 4.79 Å². The van der Waals surface area contributed by atoms with Gasteiger partial charge in [0.2, 0.25) is 0 Å². The fourth-order valence-corrected chi connectivity index (χ4v) is 5.93. The van der Waals surface area contributed by atoms with Crippen LogP contribution in [0.2, 0.25) is 0 Å². The number of piperidine rings is 1. The zero-order chi connectivity index (χ0) is 21.6. The monoisotopic (exact) mass is 421 g/mol. The van der Waals surface area contributed by atoms with E-state index in [9.17, 15) is 9.90 Å². The molecule has 2 unspecified atom stereocenters. The molecular weight excluding hydrogens is 390 g/mol. The van der Waals surface area contributed by atoms with E-state index in [4.69, 9.17) is 9.84 Å². The van der Waals surface area contributed by atoms with E-state index >= 15 is 0 Å². The minimum Gasteiger partial charge on any atom is -0.508 e. The molecule has 5 nitrogen and oxygen atoms in total. The first-order valence-corrected chi connectivity index (χ1v) is 11.5. The molecular formula is C26H31NO4. The molecule has 0 aromatic heterocycles. The molecule has 3 atom stereocenters. The van der Waals surface area contributed by atoms with Crippen LogP contribution in [-0.4, -0.2) is 46.8 Å². The molecule has 2 aromatic rings. The lowest BCUT2D eigenvalue weighted by atomic mass is 9.56. The van der Waals surface area contributed by atoms with Crippen LogP contribution in [0.3, 0.4) is 0 Å². The average Bonchev–Trinajstić information content (AvgIpc) is 3.57. The summed E-state index contributed by atoms with van der Waals surface area (Å²) in [7, 11) is 0. The van der Waals surface area contributed by atoms with Crippen molar-refractivity contribution in [2.24, 2.45) is 11.8 Å². The maximum Gasteiger partial charge on any atom is 0.335 e. The summed E-state index contributed by atoms with van der Waals surface area (Å²) in [4.78, 5) is 13.8. The van der Waals surface area contributed by atoms with Crippen molar-refractivity contribution >= 4 is 5.97 Å². The zero-order valence-electron chi connectivity index (χ0n) is 18.1. The Labute approximate surface area is 183 Å². The molecule has 1 saturated carbocycles. The lowest BCUT2D eigenvalue weighted by molar-refractivity contribution is 0.00988. The topological polar surface area (TPSA) is 70.0 Å². The summed E-state index contributed by atoms with van der Waals surface area (Å²) in [5.41, 5.74) is 2.93. The van der Waals surface area contributed by atoms with E-state index in [1.54, 1.807) is 24.3 Å². The second-order valence-corrected chi connectivity index (χ2v) is 9.67. The van der Waals surface area contributed by atoms with E-state index in [2.05, 4.69) is 17.9 Å². The van der Waals surface area contributed by atoms with Crippen molar-refractivity contribution in [1.82, 2.24) is 4.90 Å². The van der Waals surface area contributed by atoms with Gasteiger partial charge in [-0.3, -0.25) is 4.90 Å². The molecule has 1 aliphatic heterocycles. The van der Waals surface area contributed by atoms with E-state index in [-0.39, 0.29) is 11.0 Å². The average molecular weight is 422 g/mol. The highest BCUT2D eigenvalue weighted by Crippen LogP contribution is 2.52. The maximum absolute atomic E-state index is 11.1. The molecule has 3 aliphatic rings. The van der Waals surface area contributed by atoms with Crippen LogP contribution in [0, 0.1) is 11.8 Å². The molecule has 1 saturated heterocycles. The van der Waals surface area contributed by atoms with Crippen molar-refractivity contribution in [3.8, 4) is 11.5 Å². The first kappa shape index (κ1) is 20.4. The quantitative estimate of drug-likeness (QED) is 0.690. The smallest absolute Gasteiger partial charge is 0.335 e. The number of ether oxygens (including phenoxy) is 1. The number of likely N-dealkylation sites (tertiary alicyclic amines) is 1. The van der Waals surface area contributed by atoms with Crippen LogP contribution in [0.4, 0.5) is 0 Å². The maximum atomic E-state index is 11.1. The molecule has 0 radical (unpaired) electrons. The molecule has 2 bridgehead atoms. The number of phenols is 1. The lowest BCUT2D eigenvalue weighted by Gasteiger charge is -2.56. The van der Waals surface area contributed by atoms with Crippen LogP contribution in [0.15, 0.2) is 42.5 Å². The van der Waals surface area contributed by atoms with Gasteiger partial charge in [-0.05, 0) is 98.0 Å². The van der Waals surface area contributed by atoms with E-state index < -0.39 is 5.97 Å². The first-order chi connectivity index (χ1) is 15.0. The van der Waals surface area contributed by atoms with Gasteiger partial charge in [-0.15, -0.1) is 0 Å². The fourth-order valence-electron chi connectivity index (χ4n) is 5.93. The Balaban J connectivity index is 1.37. The summed E-state index contributed by atoms with van der Waals surface area (Å²) < 4.78 is 6.06. The number of phenolic OH excluding ortho intramolecular Hbond substituents is 1. The molecule has 1 heterocycles. The third-order valence-electron chi connectivity index (χ3n) is 7.93. The summed E-state index contributed by atoms with van der Waals surface area (Å²) in [5.74, 6) is 1.49. The van der Waals surface area contributed by atoms with Crippen molar-refractivity contribution in [1.29, 1.82) is 0 Å². The number of carbonyl (C=O) groups is 1. The minimum absolute atomic E-state index is 0.00194. The first-order valence-electron chi connectivity index (χ1n) is 11.5. The van der Waals surface area contributed by atoms with E-state index in [1.165, 1.54) is 30.5 Å². The summed E-state index contributed by atoms with van der Waals surface area (Å²) in [6, 6.07) is 13.1. The summed E-state index contributed by atoms with van der Waals surface area (Å²) in [5, 5.41) is 19.3. The summed E-state index contributed by atoms with van der Waals surface area (Å²) >= 11 is 0. The van der Waals surface area contributed by atoms with Gasteiger partial charge in [0.05, 0.1) is 12.2 Å². The number of nitrogens with zero attached hydrogens (tertiary/aromatic N) is 1. The van der Waals surface area contributed by atoms with Crippen molar-refractivity contribution < 1.29 is 19.7 Å². The highest BCUT2D eigenvalue weighted by atomic mass is 16.5. The lowest BCUT2D eigenvalue weighted by Crippen LogP contribution is -2.59. The van der Waals surface area contributed by atoms with Crippen molar-refractivity contribution in [2.45, 2.75) is 50.5 Å². The normalized spacial score (nSPS) is 27.5. The van der Waals surface area contributed by atoms with Gasteiger partial charge in [0.25, 0.3) is 0 Å². The highest BCUT2D eigenvalue weighted by molar-refractivity contribution is 5.87. The molecule has 2 aromatic carbocycles. The van der Waals surface area contributed by atoms with E-state index in [1.807, 2.05) is 12.1 Å². The highest BCUT2D eigenvalue weighted by Gasteiger charge is 2.51. The van der Waals surface area contributed by atoms with Crippen LogP contribution in [0.1, 0.15) is 54.1 Å². The van der Waals surface area contributed by atoms with Gasteiger partial charge in [-0.2, -0.15) is 0 Å². The largest absolute Gasteiger partial charge is 0.508 e. The second-order valence-electron chi connectivity index (χ2n) is 9.67. The van der Waals surface area contributed by atoms with Crippen molar-refractivity contribution in [3.63, 3.8) is 0 Å². The molecule has 0 amide bonds. The van der Waals surface area contributed by atoms with Crippen molar-refractivity contribution in [2.75, 3.05) is 19.7 Å².